The van der Waals surface area contributed by atoms with E-state index >= 15 is 0 Å². The summed E-state index contributed by atoms with van der Waals surface area (Å²) >= 11 is 3.28. The van der Waals surface area contributed by atoms with Gasteiger partial charge in [-0.05, 0) is 12.1 Å². The summed E-state index contributed by atoms with van der Waals surface area (Å²) in [5.74, 6) is 0.641. The fourth-order valence-electron chi connectivity index (χ4n) is 1.15. The van der Waals surface area contributed by atoms with Crippen LogP contribution in [0, 0.1) is 0 Å². The molecule has 1 aromatic heterocycles. The van der Waals surface area contributed by atoms with Crippen LogP contribution in [0.3, 0.4) is 0 Å². The molecule has 62 valence electrons. The molecule has 0 aliphatic rings. The Kier molecular flexibility index (Phi) is 1.77. The first-order valence-corrected chi connectivity index (χ1v) is 4.22. The summed E-state index contributed by atoms with van der Waals surface area (Å²) in [6, 6.07) is 7.86. The van der Waals surface area contributed by atoms with Crippen molar-refractivity contribution in [2.75, 3.05) is 7.11 Å². The van der Waals surface area contributed by atoms with Gasteiger partial charge in [0.15, 0.2) is 0 Å². The minimum atomic E-state index is 0.641. The number of hydrogen-bond acceptors (Lipinski definition) is 2. The van der Waals surface area contributed by atoms with Crippen molar-refractivity contribution < 1.29 is 4.74 Å². The lowest BCUT2D eigenvalue weighted by atomic mass is 10.2. The third-order valence-corrected chi connectivity index (χ3v) is 2.25. The second-order valence-corrected chi connectivity index (χ2v) is 3.06. The minimum absolute atomic E-state index is 0.641. The van der Waals surface area contributed by atoms with Crippen LogP contribution in [-0.4, -0.2) is 15.9 Å². The van der Waals surface area contributed by atoms with E-state index in [1.54, 1.807) is 10.8 Å². The number of hydrogen-bond donors (Lipinski definition) is 0. The van der Waals surface area contributed by atoms with Crippen LogP contribution in [0.2, 0.25) is 0 Å². The Hall–Kier alpha value is -1.03. The quantitative estimate of drug-likeness (QED) is 0.746. The Balaban J connectivity index is 2.82. The summed E-state index contributed by atoms with van der Waals surface area (Å²) < 4.78 is 6.71. The monoisotopic (exact) mass is 226 g/mol. The first-order valence-electron chi connectivity index (χ1n) is 3.51. The summed E-state index contributed by atoms with van der Waals surface area (Å²) in [5, 5.41) is 5.13. The summed E-state index contributed by atoms with van der Waals surface area (Å²) in [6.45, 7) is 0. The number of rotatable bonds is 1. The molecule has 3 nitrogen and oxygen atoms in total. The number of halogens is 1. The van der Waals surface area contributed by atoms with Crippen molar-refractivity contribution in [2.24, 2.45) is 0 Å². The van der Waals surface area contributed by atoms with E-state index in [1.807, 2.05) is 24.3 Å². The smallest absolute Gasteiger partial charge is 0.241 e. The number of benzene rings is 1. The fraction of sp³-hybridized carbons (Fsp3) is 0.125. The zero-order chi connectivity index (χ0) is 8.55. The van der Waals surface area contributed by atoms with Gasteiger partial charge in [-0.1, -0.05) is 12.1 Å². The fourth-order valence-corrected chi connectivity index (χ4v) is 1.61. The second kappa shape index (κ2) is 2.79. The van der Waals surface area contributed by atoms with Gasteiger partial charge in [0.25, 0.3) is 0 Å². The third-order valence-electron chi connectivity index (χ3n) is 1.71. The van der Waals surface area contributed by atoms with Gasteiger partial charge in [-0.25, -0.2) is 0 Å². The molecule has 0 fully saturated rings. The molecule has 0 radical (unpaired) electrons. The van der Waals surface area contributed by atoms with Crippen molar-refractivity contribution in [3.05, 3.63) is 24.3 Å². The Morgan fingerprint density at radius 3 is 2.92 bits per heavy atom. The maximum Gasteiger partial charge on any atom is 0.241 e. The van der Waals surface area contributed by atoms with Gasteiger partial charge in [-0.15, -0.1) is 5.10 Å². The molecule has 12 heavy (non-hydrogen) atoms. The molecular formula is C8H7BrN2O. The van der Waals surface area contributed by atoms with Crippen LogP contribution >= 0.6 is 16.1 Å². The van der Waals surface area contributed by atoms with E-state index in [0.29, 0.717) is 5.88 Å². The lowest BCUT2D eigenvalue weighted by Gasteiger charge is -1.91. The minimum Gasteiger partial charge on any atom is -0.479 e. The zero-order valence-corrected chi connectivity index (χ0v) is 8.08. The van der Waals surface area contributed by atoms with Gasteiger partial charge < -0.3 is 4.74 Å². The zero-order valence-electron chi connectivity index (χ0n) is 6.49. The summed E-state index contributed by atoms with van der Waals surface area (Å²) in [7, 11) is 1.61. The molecule has 0 saturated carbocycles. The molecule has 2 aromatic rings. The molecule has 2 rings (SSSR count). The maximum atomic E-state index is 5.09. The van der Waals surface area contributed by atoms with Crippen LogP contribution < -0.4 is 4.74 Å². The highest BCUT2D eigenvalue weighted by Gasteiger charge is 2.07. The first-order chi connectivity index (χ1) is 5.83. The highest BCUT2D eigenvalue weighted by atomic mass is 79.9. The highest BCUT2D eigenvalue weighted by molar-refractivity contribution is 9.08. The van der Waals surface area contributed by atoms with E-state index in [4.69, 9.17) is 4.74 Å². The molecule has 4 heteroatoms. The van der Waals surface area contributed by atoms with Crippen molar-refractivity contribution in [3.8, 4) is 5.88 Å². The average molecular weight is 227 g/mol. The molecule has 0 spiro atoms. The molecule has 0 N–H and O–H groups in total. The number of ether oxygens (including phenoxy) is 1. The predicted octanol–water partition coefficient (Wildman–Crippen LogP) is 2.20. The standard InChI is InChI=1S/C8H7BrN2O/c1-12-8-6-4-2-3-5-7(6)11(9)10-8/h2-5H,1H3. The topological polar surface area (TPSA) is 27.1 Å². The Bertz CT molecular complexity index is 410. The number of fused-ring (bicyclic) bond motifs is 1. The van der Waals surface area contributed by atoms with Crippen LogP contribution in [-0.2, 0) is 0 Å². The second-order valence-electron chi connectivity index (χ2n) is 2.39. The van der Waals surface area contributed by atoms with Gasteiger partial charge in [0, 0.05) is 0 Å². The molecule has 0 amide bonds. The number of methoxy groups -OCH3 is 1. The predicted molar refractivity (Wildman–Crippen MR) is 50.6 cm³/mol. The van der Waals surface area contributed by atoms with Crippen molar-refractivity contribution in [1.29, 1.82) is 0 Å². The normalized spacial score (nSPS) is 10.5. The molecule has 0 saturated heterocycles. The summed E-state index contributed by atoms with van der Waals surface area (Å²) in [5.41, 5.74) is 1.01. The lowest BCUT2D eigenvalue weighted by molar-refractivity contribution is 0.400. The van der Waals surface area contributed by atoms with E-state index in [1.165, 1.54) is 0 Å². The molecule has 1 heterocycles. The number of para-hydroxylation sites is 1. The van der Waals surface area contributed by atoms with Crippen LogP contribution in [0.5, 0.6) is 5.88 Å². The molecule has 0 bridgehead atoms. The highest BCUT2D eigenvalue weighted by Crippen LogP contribution is 2.24. The SMILES string of the molecule is COc1nn(Br)c2ccccc12. The lowest BCUT2D eigenvalue weighted by Crippen LogP contribution is -1.84. The molecule has 0 atom stereocenters. The van der Waals surface area contributed by atoms with Gasteiger partial charge in [0.05, 0.1) is 34.2 Å². The van der Waals surface area contributed by atoms with E-state index in [2.05, 4.69) is 21.2 Å². The molecule has 1 aromatic carbocycles. The number of aromatic nitrogens is 2. The average Bonchev–Trinajstić information content (AvgIpc) is 2.44. The Labute approximate surface area is 78.3 Å². The van der Waals surface area contributed by atoms with Crippen LogP contribution in [0.1, 0.15) is 0 Å². The first kappa shape index (κ1) is 7.61. The van der Waals surface area contributed by atoms with Crippen molar-refractivity contribution in [3.63, 3.8) is 0 Å². The van der Waals surface area contributed by atoms with E-state index in [0.717, 1.165) is 10.9 Å². The third kappa shape index (κ3) is 0.992. The molecule has 0 aliphatic heterocycles. The molecule has 0 aliphatic carbocycles. The van der Waals surface area contributed by atoms with E-state index < -0.39 is 0 Å². The van der Waals surface area contributed by atoms with Gasteiger partial charge in [0.1, 0.15) is 0 Å². The van der Waals surface area contributed by atoms with Crippen LogP contribution in [0.15, 0.2) is 24.3 Å². The van der Waals surface area contributed by atoms with E-state index in [-0.39, 0.29) is 0 Å². The van der Waals surface area contributed by atoms with Crippen molar-refractivity contribution >= 4 is 27.1 Å². The molecule has 0 unspecified atom stereocenters. The van der Waals surface area contributed by atoms with Gasteiger partial charge in [-0.2, -0.15) is 3.71 Å². The Morgan fingerprint density at radius 1 is 1.42 bits per heavy atom. The Morgan fingerprint density at radius 2 is 2.17 bits per heavy atom. The van der Waals surface area contributed by atoms with Crippen molar-refractivity contribution in [2.45, 2.75) is 0 Å². The van der Waals surface area contributed by atoms with Gasteiger partial charge in [-0.3, -0.25) is 0 Å². The summed E-state index contributed by atoms with van der Waals surface area (Å²) in [6.07, 6.45) is 0. The number of nitrogens with zero attached hydrogens (tertiary/aromatic N) is 2. The van der Waals surface area contributed by atoms with Crippen LogP contribution in [0.4, 0.5) is 0 Å². The van der Waals surface area contributed by atoms with E-state index in [9.17, 15) is 0 Å². The van der Waals surface area contributed by atoms with Crippen molar-refractivity contribution in [1.82, 2.24) is 8.81 Å². The van der Waals surface area contributed by atoms with Gasteiger partial charge >= 0.3 is 0 Å². The summed E-state index contributed by atoms with van der Waals surface area (Å²) in [4.78, 5) is 0. The van der Waals surface area contributed by atoms with Crippen LogP contribution in [0.25, 0.3) is 10.9 Å². The molecular weight excluding hydrogens is 220 g/mol. The maximum absolute atomic E-state index is 5.09. The van der Waals surface area contributed by atoms with Gasteiger partial charge in [0.2, 0.25) is 5.88 Å². The largest absolute Gasteiger partial charge is 0.479 e.